The minimum absolute atomic E-state index is 0.325. The molecule has 1 N–H and O–H groups in total. The summed E-state index contributed by atoms with van der Waals surface area (Å²) in [5.41, 5.74) is 0. The minimum atomic E-state index is -1.35. The molecular formula is C11H18N2O4+2. The Hall–Kier alpha value is -1.27. The highest BCUT2D eigenvalue weighted by molar-refractivity contribution is 5.84. The third-order valence-electron chi connectivity index (χ3n) is 2.32. The summed E-state index contributed by atoms with van der Waals surface area (Å²) < 4.78 is -1.59. The first kappa shape index (κ1) is 15.7. The molecule has 6 nitrogen and oxygen atoms in total. The number of carboxylic acids is 1. The van der Waals surface area contributed by atoms with Crippen LogP contribution >= 0.6 is 0 Å². The molecule has 0 saturated carbocycles. The van der Waals surface area contributed by atoms with Crippen molar-refractivity contribution in [2.24, 2.45) is 0 Å². The van der Waals surface area contributed by atoms with E-state index in [9.17, 15) is 14.4 Å². The number of Topliss-reactive ketones (excluding diaryl/α,β-unsaturated/α-hetero) is 1. The van der Waals surface area contributed by atoms with Crippen LogP contribution in [0.15, 0.2) is 0 Å². The molecule has 94 valence electrons. The van der Waals surface area contributed by atoms with Crippen molar-refractivity contribution in [3.63, 3.8) is 0 Å². The molecule has 6 heteroatoms. The number of urea groups is 1. The number of nitrogens with zero attached hydrogens (tertiary/aromatic N) is 2. The number of rotatable bonds is 4. The van der Waals surface area contributed by atoms with E-state index in [4.69, 9.17) is 19.2 Å². The maximum atomic E-state index is 11.9. The van der Waals surface area contributed by atoms with Crippen molar-refractivity contribution in [1.29, 1.82) is 0 Å². The van der Waals surface area contributed by atoms with Gasteiger partial charge < -0.3 is 5.11 Å². The molecule has 2 atom stereocenters. The highest BCUT2D eigenvalue weighted by Crippen LogP contribution is 2.19. The van der Waals surface area contributed by atoms with Gasteiger partial charge in [-0.15, -0.1) is 0 Å². The second kappa shape index (κ2) is 4.93. The van der Waals surface area contributed by atoms with E-state index in [1.807, 2.05) is 0 Å². The van der Waals surface area contributed by atoms with Crippen molar-refractivity contribution in [2.45, 2.75) is 19.4 Å². The van der Waals surface area contributed by atoms with E-state index < -0.39 is 27.0 Å². The predicted octanol–water partition coefficient (Wildman–Crippen LogP) is 0.399. The van der Waals surface area contributed by atoms with Crippen molar-refractivity contribution in [3.8, 4) is 0 Å². The van der Waals surface area contributed by atoms with Crippen molar-refractivity contribution in [1.82, 2.24) is 0 Å². The zero-order valence-electron chi connectivity index (χ0n) is 10.5. The monoisotopic (exact) mass is 242 g/mol. The lowest BCUT2D eigenvalue weighted by atomic mass is 10.1. The molecular weight excluding hydrogens is 224 g/mol. The standard InChI is InChI=1S/C11H18N2O4/c1-8(14)7-9(10(15)16)13(5,6)11(17)12(2,3)4/h2,5,9H,7H2,1,3-4,6H3,(H,15,16)/q+2. The number of carboxylic acid groups (broad SMARTS) is 1. The summed E-state index contributed by atoms with van der Waals surface area (Å²) in [7, 11) is 15.2. The Morgan fingerprint density at radius 1 is 1.18 bits per heavy atom. The number of quaternary nitrogens is 2. The lowest BCUT2D eigenvalue weighted by Gasteiger charge is -2.33. The molecule has 2 amide bonds. The molecule has 0 bridgehead atoms. The molecule has 0 heterocycles. The van der Waals surface area contributed by atoms with Crippen LogP contribution in [-0.2, 0) is 9.59 Å². The number of hydrogen-bond acceptors (Lipinski definition) is 3. The van der Waals surface area contributed by atoms with Crippen LogP contribution in [0.1, 0.15) is 13.3 Å². The maximum Gasteiger partial charge on any atom is 0.515 e. The topological polar surface area (TPSA) is 71.4 Å². The van der Waals surface area contributed by atoms with E-state index >= 15 is 0 Å². The molecule has 0 fully saturated rings. The van der Waals surface area contributed by atoms with E-state index in [0.29, 0.717) is 0 Å². The Kier molecular flexibility index (Phi) is 4.56. The van der Waals surface area contributed by atoms with Gasteiger partial charge >= 0.3 is 12.0 Å². The molecule has 4 radical (unpaired) electrons. The summed E-state index contributed by atoms with van der Waals surface area (Å²) in [5.74, 6) is -1.67. The maximum absolute atomic E-state index is 11.9. The predicted molar refractivity (Wildman–Crippen MR) is 59.0 cm³/mol. The van der Waals surface area contributed by atoms with Crippen molar-refractivity contribution >= 4 is 17.8 Å². The quantitative estimate of drug-likeness (QED) is 0.724. The van der Waals surface area contributed by atoms with Gasteiger partial charge in [-0.2, -0.15) is 13.8 Å². The van der Waals surface area contributed by atoms with E-state index in [0.717, 1.165) is 0 Å². The largest absolute Gasteiger partial charge is 0.515 e. The number of hydrogen-bond donors (Lipinski definition) is 1. The lowest BCUT2D eigenvalue weighted by Crippen LogP contribution is -2.63. The highest BCUT2D eigenvalue weighted by Gasteiger charge is 2.50. The molecule has 0 aromatic carbocycles. The van der Waals surface area contributed by atoms with Gasteiger partial charge in [0, 0.05) is 0 Å². The number of carbonyl (C=O) groups excluding carboxylic acids is 2. The van der Waals surface area contributed by atoms with Gasteiger partial charge in [-0.25, -0.2) is 4.79 Å². The van der Waals surface area contributed by atoms with Crippen LogP contribution in [0.25, 0.3) is 0 Å². The normalized spacial score (nSPS) is 14.2. The van der Waals surface area contributed by atoms with E-state index in [2.05, 4.69) is 0 Å². The molecule has 0 saturated heterocycles. The fourth-order valence-electron chi connectivity index (χ4n) is 1.47. The van der Waals surface area contributed by atoms with Crippen LogP contribution in [0.5, 0.6) is 0 Å². The van der Waals surface area contributed by atoms with Gasteiger partial charge in [0.05, 0.1) is 27.6 Å². The number of aliphatic carboxylic acids is 1. The number of likely N-dealkylation sites (N-methyl/N-ethyl adjacent to an activating group) is 1. The Bertz CT molecular complexity index is 342. The van der Waals surface area contributed by atoms with Crippen LogP contribution in [-0.4, -0.2) is 59.0 Å². The zero-order chi connectivity index (χ0) is 14.0. The van der Waals surface area contributed by atoms with Crippen LogP contribution in [0.3, 0.4) is 0 Å². The SMILES string of the molecule is [CH][N+](C)(C)C(=O)[N+]([CH])(C)C(CC(C)=O)C(=O)O. The number of carbonyl (C=O) groups is 3. The van der Waals surface area contributed by atoms with Crippen molar-refractivity contribution in [3.05, 3.63) is 14.1 Å². The summed E-state index contributed by atoms with van der Waals surface area (Å²) in [5, 5.41) is 9.02. The fraction of sp³-hybridized carbons (Fsp3) is 0.545. The Balaban J connectivity index is 5.29. The Morgan fingerprint density at radius 3 is 1.82 bits per heavy atom. The van der Waals surface area contributed by atoms with Crippen LogP contribution < -0.4 is 0 Å². The highest BCUT2D eigenvalue weighted by atomic mass is 16.4. The van der Waals surface area contributed by atoms with Gasteiger partial charge in [0.25, 0.3) is 0 Å². The average molecular weight is 242 g/mol. The first-order chi connectivity index (χ1) is 7.40. The molecule has 0 spiro atoms. The second-order valence-electron chi connectivity index (χ2n) is 4.73. The molecule has 2 unspecified atom stereocenters. The first-order valence-electron chi connectivity index (χ1n) is 4.95. The van der Waals surface area contributed by atoms with Crippen molar-refractivity contribution in [2.75, 3.05) is 21.1 Å². The van der Waals surface area contributed by atoms with Gasteiger partial charge in [0.2, 0.25) is 20.1 Å². The number of amides is 2. The summed E-state index contributed by atoms with van der Waals surface area (Å²) in [6.45, 7) is 1.24. The van der Waals surface area contributed by atoms with E-state index in [-0.39, 0.29) is 12.2 Å². The second-order valence-corrected chi connectivity index (χ2v) is 4.73. The number of ketones is 1. The van der Waals surface area contributed by atoms with Gasteiger partial charge in [0.1, 0.15) is 5.78 Å². The fourth-order valence-corrected chi connectivity index (χ4v) is 1.47. The van der Waals surface area contributed by atoms with Crippen LogP contribution in [0, 0.1) is 14.1 Å². The molecule has 0 aromatic rings. The van der Waals surface area contributed by atoms with Crippen LogP contribution in [0.4, 0.5) is 4.79 Å². The molecule has 0 aliphatic carbocycles. The van der Waals surface area contributed by atoms with Gasteiger partial charge in [-0.05, 0) is 6.92 Å². The summed E-state index contributed by atoms with van der Waals surface area (Å²) in [4.78, 5) is 34.0. The molecule has 0 aliphatic heterocycles. The summed E-state index contributed by atoms with van der Waals surface area (Å²) >= 11 is 0. The van der Waals surface area contributed by atoms with Gasteiger partial charge in [-0.1, -0.05) is 0 Å². The minimum Gasteiger partial charge on any atom is -0.477 e. The summed E-state index contributed by atoms with van der Waals surface area (Å²) in [6.07, 6.45) is -0.325. The third kappa shape index (κ3) is 3.90. The molecule has 17 heavy (non-hydrogen) atoms. The Labute approximate surface area is 102 Å². The molecule has 0 rings (SSSR count). The van der Waals surface area contributed by atoms with Crippen molar-refractivity contribution < 1.29 is 28.5 Å². The van der Waals surface area contributed by atoms with Crippen LogP contribution in [0.2, 0.25) is 0 Å². The third-order valence-corrected chi connectivity index (χ3v) is 2.32. The smallest absolute Gasteiger partial charge is 0.477 e. The first-order valence-corrected chi connectivity index (χ1v) is 4.95. The molecule has 0 aromatic heterocycles. The molecule has 0 aliphatic rings. The van der Waals surface area contributed by atoms with E-state index in [1.165, 1.54) is 28.1 Å². The summed E-state index contributed by atoms with van der Waals surface area (Å²) in [6, 6.07) is -2.06. The average Bonchev–Trinajstić information content (AvgIpc) is 2.10. The zero-order valence-corrected chi connectivity index (χ0v) is 10.5. The lowest BCUT2D eigenvalue weighted by molar-refractivity contribution is -0.911. The van der Waals surface area contributed by atoms with Gasteiger partial charge in [-0.3, -0.25) is 4.79 Å². The Morgan fingerprint density at radius 2 is 1.59 bits per heavy atom. The van der Waals surface area contributed by atoms with Gasteiger partial charge in [0.15, 0.2) is 0 Å². The van der Waals surface area contributed by atoms with E-state index in [1.54, 1.807) is 0 Å².